The van der Waals surface area contributed by atoms with Gasteiger partial charge in [0.1, 0.15) is 0 Å². The number of fused-ring (bicyclic) bond motifs is 6. The Kier molecular flexibility index (Phi) is 6.46. The fourth-order valence-corrected chi connectivity index (χ4v) is 7.38. The largest absolute Gasteiger partial charge is 0.317 e. The second-order valence-electron chi connectivity index (χ2n) is 12.7. The van der Waals surface area contributed by atoms with E-state index >= 15 is 0 Å². The zero-order valence-electron chi connectivity index (χ0n) is 27.1. The lowest BCUT2D eigenvalue weighted by molar-refractivity contribution is 1.13. The molecule has 4 heteroatoms. The van der Waals surface area contributed by atoms with Crippen molar-refractivity contribution in [2.24, 2.45) is 0 Å². The first-order valence-electron chi connectivity index (χ1n) is 16.9. The van der Waals surface area contributed by atoms with Crippen LogP contribution in [0.4, 0.5) is 0 Å². The minimum Gasteiger partial charge on any atom is -0.317 e. The van der Waals surface area contributed by atoms with E-state index in [-0.39, 0.29) is 0 Å². The van der Waals surface area contributed by atoms with Gasteiger partial charge in [0.15, 0.2) is 5.82 Å². The number of para-hydroxylation sites is 2. The highest BCUT2D eigenvalue weighted by atomic mass is 15.0. The normalized spacial score (nSPS) is 11.6. The molecule has 4 nitrogen and oxygen atoms in total. The molecule has 0 spiro atoms. The van der Waals surface area contributed by atoms with E-state index in [9.17, 15) is 0 Å². The van der Waals surface area contributed by atoms with Crippen molar-refractivity contribution in [2.45, 2.75) is 0 Å². The molecule has 3 heterocycles. The summed E-state index contributed by atoms with van der Waals surface area (Å²) in [5.41, 5.74) is 10.6. The molecule has 3 aromatic heterocycles. The van der Waals surface area contributed by atoms with E-state index in [0.29, 0.717) is 5.82 Å². The quantitative estimate of drug-likeness (QED) is 0.188. The zero-order chi connectivity index (χ0) is 33.0. The van der Waals surface area contributed by atoms with E-state index in [0.717, 1.165) is 45.0 Å². The second-order valence-corrected chi connectivity index (χ2v) is 12.7. The lowest BCUT2D eigenvalue weighted by Crippen LogP contribution is -1.98. The number of benzene rings is 7. The number of hydrogen-bond donors (Lipinski definition) is 0. The van der Waals surface area contributed by atoms with Crippen LogP contribution in [0, 0.1) is 0 Å². The van der Waals surface area contributed by atoms with Gasteiger partial charge >= 0.3 is 0 Å². The molecule has 0 radical (unpaired) electrons. The van der Waals surface area contributed by atoms with Crippen LogP contribution >= 0.6 is 0 Å². The summed E-state index contributed by atoms with van der Waals surface area (Å²) in [5.74, 6) is 0.697. The molecule has 234 valence electrons. The molecule has 0 aliphatic heterocycles. The summed E-state index contributed by atoms with van der Waals surface area (Å²) < 4.78 is 4.66. The summed E-state index contributed by atoms with van der Waals surface area (Å²) in [6, 6.07) is 62.1. The highest BCUT2D eigenvalue weighted by molar-refractivity contribution is 6.18. The lowest BCUT2D eigenvalue weighted by atomic mass is 10.0. The van der Waals surface area contributed by atoms with Gasteiger partial charge in [0.05, 0.1) is 27.9 Å². The maximum absolute atomic E-state index is 5.13. The molecule has 7 aromatic carbocycles. The number of rotatable bonds is 5. The van der Waals surface area contributed by atoms with Gasteiger partial charge in [-0.25, -0.2) is 9.97 Å². The van der Waals surface area contributed by atoms with Gasteiger partial charge in [0.2, 0.25) is 0 Å². The average Bonchev–Trinajstić information content (AvgIpc) is 3.77. The first-order chi connectivity index (χ1) is 24.8. The number of nitrogens with zero attached hydrogens (tertiary/aromatic N) is 4. The van der Waals surface area contributed by atoms with Crippen LogP contribution in [0.3, 0.4) is 0 Å². The first-order valence-corrected chi connectivity index (χ1v) is 16.9. The summed E-state index contributed by atoms with van der Waals surface area (Å²) in [4.78, 5) is 10.3. The van der Waals surface area contributed by atoms with Crippen LogP contribution in [-0.4, -0.2) is 19.1 Å². The van der Waals surface area contributed by atoms with E-state index < -0.39 is 0 Å². The lowest BCUT2D eigenvalue weighted by Gasteiger charge is -2.12. The second kappa shape index (κ2) is 11.4. The van der Waals surface area contributed by atoms with Crippen molar-refractivity contribution in [3.8, 4) is 45.3 Å². The Labute approximate surface area is 289 Å². The van der Waals surface area contributed by atoms with Gasteiger partial charge in [-0.05, 0) is 71.4 Å². The molecule has 0 atom stereocenters. The summed E-state index contributed by atoms with van der Waals surface area (Å²) >= 11 is 0. The number of aromatic nitrogens is 4. The van der Waals surface area contributed by atoms with Gasteiger partial charge in [-0.2, -0.15) is 0 Å². The van der Waals surface area contributed by atoms with Crippen LogP contribution in [-0.2, 0) is 0 Å². The maximum atomic E-state index is 5.13. The highest BCUT2D eigenvalue weighted by Gasteiger charge is 2.17. The third kappa shape index (κ3) is 4.61. The van der Waals surface area contributed by atoms with Gasteiger partial charge < -0.3 is 9.13 Å². The Morgan fingerprint density at radius 2 is 0.980 bits per heavy atom. The predicted octanol–water partition coefficient (Wildman–Crippen LogP) is 11.7. The molecule has 10 rings (SSSR count). The summed E-state index contributed by atoms with van der Waals surface area (Å²) in [5, 5.41) is 6.15. The van der Waals surface area contributed by atoms with Crippen LogP contribution in [0.25, 0.3) is 88.8 Å². The van der Waals surface area contributed by atoms with Gasteiger partial charge in [0, 0.05) is 50.4 Å². The maximum Gasteiger partial charge on any atom is 0.160 e. The minimum atomic E-state index is 0.697. The predicted molar refractivity (Wildman–Crippen MR) is 207 cm³/mol. The topological polar surface area (TPSA) is 35.6 Å². The minimum absolute atomic E-state index is 0.697. The number of hydrogen-bond acceptors (Lipinski definition) is 2. The molecule has 0 unspecified atom stereocenters. The first kappa shape index (κ1) is 28.3. The third-order valence-corrected chi connectivity index (χ3v) is 9.74. The van der Waals surface area contributed by atoms with Gasteiger partial charge in [-0.1, -0.05) is 115 Å². The van der Waals surface area contributed by atoms with Crippen LogP contribution < -0.4 is 0 Å². The smallest absolute Gasteiger partial charge is 0.160 e. The molecule has 0 saturated carbocycles. The molecule has 50 heavy (non-hydrogen) atoms. The molecular formula is C46H30N4. The van der Waals surface area contributed by atoms with Gasteiger partial charge in [-0.3, -0.25) is 0 Å². The Hall–Kier alpha value is -6.78. The average molecular weight is 639 g/mol. The van der Waals surface area contributed by atoms with Crippen molar-refractivity contribution in [2.75, 3.05) is 0 Å². The van der Waals surface area contributed by atoms with Crippen LogP contribution in [0.15, 0.2) is 182 Å². The van der Waals surface area contributed by atoms with E-state index in [2.05, 4.69) is 179 Å². The van der Waals surface area contributed by atoms with E-state index in [1.54, 1.807) is 0 Å². The standard InChI is InChI=1S/C46H30N4/c1-4-13-31(14-5-1)41-30-42(32-15-6-2-7-16-32)48-46(47-41)34-17-12-20-36(27-34)50-44-22-11-10-21-37(44)40-28-33-23-24-43-38(39(33)29-45(40)50)25-26-49(43)35-18-8-3-9-19-35/h1-30H. The summed E-state index contributed by atoms with van der Waals surface area (Å²) in [6.45, 7) is 0. The Morgan fingerprint density at radius 3 is 1.72 bits per heavy atom. The molecule has 0 saturated heterocycles. The van der Waals surface area contributed by atoms with Crippen LogP contribution in [0.1, 0.15) is 0 Å². The molecule has 0 aliphatic rings. The van der Waals surface area contributed by atoms with Crippen molar-refractivity contribution in [3.05, 3.63) is 182 Å². The molecular weight excluding hydrogens is 609 g/mol. The van der Waals surface area contributed by atoms with E-state index in [1.807, 2.05) is 12.1 Å². The van der Waals surface area contributed by atoms with Crippen molar-refractivity contribution in [1.82, 2.24) is 19.1 Å². The zero-order valence-corrected chi connectivity index (χ0v) is 27.1. The SMILES string of the molecule is c1ccc(-c2cc(-c3ccccc3)nc(-c3cccc(-n4c5ccccc5c5cc6ccc7c(ccn7-c7ccccc7)c6cc54)c3)n2)cc1. The third-order valence-electron chi connectivity index (χ3n) is 9.74. The molecule has 0 amide bonds. The van der Waals surface area contributed by atoms with Crippen molar-refractivity contribution in [1.29, 1.82) is 0 Å². The molecule has 0 aliphatic carbocycles. The van der Waals surface area contributed by atoms with Crippen molar-refractivity contribution in [3.63, 3.8) is 0 Å². The van der Waals surface area contributed by atoms with Crippen LogP contribution in [0.2, 0.25) is 0 Å². The van der Waals surface area contributed by atoms with Crippen LogP contribution in [0.5, 0.6) is 0 Å². The molecule has 0 fully saturated rings. The molecule has 0 bridgehead atoms. The van der Waals surface area contributed by atoms with Gasteiger partial charge in [-0.15, -0.1) is 0 Å². The van der Waals surface area contributed by atoms with E-state index in [4.69, 9.17) is 9.97 Å². The summed E-state index contributed by atoms with van der Waals surface area (Å²) in [6.07, 6.45) is 2.18. The molecule has 10 aromatic rings. The Morgan fingerprint density at radius 1 is 0.360 bits per heavy atom. The fourth-order valence-electron chi connectivity index (χ4n) is 7.38. The van der Waals surface area contributed by atoms with Gasteiger partial charge in [0.25, 0.3) is 0 Å². The Balaban J connectivity index is 1.18. The van der Waals surface area contributed by atoms with Crippen molar-refractivity contribution >= 4 is 43.5 Å². The Bertz CT molecular complexity index is 2790. The highest BCUT2D eigenvalue weighted by Crippen LogP contribution is 2.38. The van der Waals surface area contributed by atoms with E-state index in [1.165, 1.54) is 38.0 Å². The fraction of sp³-hybridized carbons (Fsp3) is 0. The summed E-state index contributed by atoms with van der Waals surface area (Å²) in [7, 11) is 0. The van der Waals surface area contributed by atoms with Crippen molar-refractivity contribution < 1.29 is 0 Å². The molecule has 0 N–H and O–H groups in total. The monoisotopic (exact) mass is 638 g/mol.